The van der Waals surface area contributed by atoms with Crippen molar-refractivity contribution < 1.29 is 23.2 Å². The Bertz CT molecular complexity index is 687. The van der Waals surface area contributed by atoms with Crippen LogP contribution in [0, 0.1) is 10.1 Å². The van der Waals surface area contributed by atoms with Gasteiger partial charge in [0.25, 0.3) is 5.69 Å². The van der Waals surface area contributed by atoms with Crippen LogP contribution >= 0.6 is 0 Å². The van der Waals surface area contributed by atoms with Crippen molar-refractivity contribution >= 4 is 17.1 Å². The summed E-state index contributed by atoms with van der Waals surface area (Å²) in [5, 5.41) is 22.8. The Morgan fingerprint density at radius 2 is 1.81 bits per heavy atom. The molecule has 0 radical (unpaired) electrons. The van der Waals surface area contributed by atoms with Gasteiger partial charge in [0.05, 0.1) is 10.6 Å². The van der Waals surface area contributed by atoms with Crippen LogP contribution in [0.1, 0.15) is 5.56 Å². The molecule has 0 unspecified atom stereocenters. The Kier molecular flexibility index (Phi) is 3.70. The second-order valence-electron chi connectivity index (χ2n) is 4.13. The lowest BCUT2D eigenvalue weighted by atomic mass is 10.1. The number of benzene rings is 2. The Morgan fingerprint density at radius 3 is 2.38 bits per heavy atom. The number of halogens is 3. The summed E-state index contributed by atoms with van der Waals surface area (Å²) in [6.07, 6.45) is -4.85. The molecule has 0 aliphatic rings. The molecular weight excluding hydrogens is 289 g/mol. The van der Waals surface area contributed by atoms with Crippen molar-refractivity contribution in [2.45, 2.75) is 6.18 Å². The number of hydrogen-bond donors (Lipinski definition) is 2. The van der Waals surface area contributed by atoms with Crippen LogP contribution in [0.4, 0.5) is 30.2 Å². The van der Waals surface area contributed by atoms with Crippen molar-refractivity contribution in [3.63, 3.8) is 0 Å². The highest BCUT2D eigenvalue weighted by molar-refractivity contribution is 5.67. The highest BCUT2D eigenvalue weighted by Gasteiger charge is 2.38. The average Bonchev–Trinajstić information content (AvgIpc) is 2.40. The maximum atomic E-state index is 12.8. The zero-order valence-electron chi connectivity index (χ0n) is 10.4. The molecule has 0 atom stereocenters. The second kappa shape index (κ2) is 5.31. The number of para-hydroxylation sites is 2. The number of aromatic hydroxyl groups is 1. The number of nitro benzene ring substituents is 1. The van der Waals surface area contributed by atoms with Gasteiger partial charge in [-0.2, -0.15) is 13.2 Å². The van der Waals surface area contributed by atoms with Gasteiger partial charge in [0.1, 0.15) is 11.3 Å². The summed E-state index contributed by atoms with van der Waals surface area (Å²) in [4.78, 5) is 9.55. The number of phenolic OH excluding ortho intramolecular Hbond substituents is 1. The third-order valence-electron chi connectivity index (χ3n) is 2.68. The molecule has 0 aliphatic carbocycles. The van der Waals surface area contributed by atoms with Crippen LogP contribution < -0.4 is 5.32 Å². The number of phenols is 1. The molecule has 0 aromatic heterocycles. The van der Waals surface area contributed by atoms with E-state index < -0.39 is 22.4 Å². The third kappa shape index (κ3) is 3.22. The van der Waals surface area contributed by atoms with Crippen molar-refractivity contribution in [1.29, 1.82) is 0 Å². The second-order valence-corrected chi connectivity index (χ2v) is 4.13. The Balaban J connectivity index is 2.43. The van der Waals surface area contributed by atoms with Crippen LogP contribution in [0.15, 0.2) is 42.5 Å². The minimum atomic E-state index is -4.85. The summed E-state index contributed by atoms with van der Waals surface area (Å²) in [6.45, 7) is 0. The molecule has 2 rings (SSSR count). The lowest BCUT2D eigenvalue weighted by Crippen LogP contribution is -2.09. The molecule has 0 aliphatic heterocycles. The fraction of sp³-hybridized carbons (Fsp3) is 0.0769. The number of anilines is 2. The first-order valence-electron chi connectivity index (χ1n) is 5.69. The molecule has 2 aromatic carbocycles. The summed E-state index contributed by atoms with van der Waals surface area (Å²) < 4.78 is 38.5. The molecule has 0 bridgehead atoms. The smallest absolute Gasteiger partial charge is 0.423 e. The molecule has 0 spiro atoms. The first kappa shape index (κ1) is 14.6. The lowest BCUT2D eigenvalue weighted by molar-refractivity contribution is -0.388. The van der Waals surface area contributed by atoms with Crippen LogP contribution in [0.25, 0.3) is 0 Å². The molecule has 110 valence electrons. The molecule has 2 aromatic rings. The molecule has 0 amide bonds. The topological polar surface area (TPSA) is 75.4 Å². The van der Waals surface area contributed by atoms with Gasteiger partial charge in [-0.05, 0) is 24.3 Å². The fourth-order valence-electron chi connectivity index (χ4n) is 1.73. The highest BCUT2D eigenvalue weighted by atomic mass is 19.4. The number of nitrogens with zero attached hydrogens (tertiary/aromatic N) is 1. The summed E-state index contributed by atoms with van der Waals surface area (Å²) >= 11 is 0. The largest absolute Gasteiger partial charge is 0.506 e. The van der Waals surface area contributed by atoms with Crippen molar-refractivity contribution in [2.75, 3.05) is 5.32 Å². The van der Waals surface area contributed by atoms with Crippen LogP contribution in [0.3, 0.4) is 0 Å². The van der Waals surface area contributed by atoms with Gasteiger partial charge in [0.2, 0.25) is 0 Å². The van der Waals surface area contributed by atoms with Crippen LogP contribution in [0.5, 0.6) is 5.75 Å². The van der Waals surface area contributed by atoms with Crippen LogP contribution in [-0.4, -0.2) is 10.0 Å². The number of rotatable bonds is 3. The van der Waals surface area contributed by atoms with Crippen LogP contribution in [0.2, 0.25) is 0 Å². The van der Waals surface area contributed by atoms with E-state index in [0.29, 0.717) is 6.07 Å². The summed E-state index contributed by atoms with van der Waals surface area (Å²) in [5.41, 5.74) is -2.20. The molecule has 8 heteroatoms. The predicted molar refractivity (Wildman–Crippen MR) is 69.5 cm³/mol. The van der Waals surface area contributed by atoms with E-state index >= 15 is 0 Å². The molecule has 2 N–H and O–H groups in total. The SMILES string of the molecule is O=[N+]([O-])c1ccc(Nc2ccccc2O)cc1C(F)(F)F. The normalized spacial score (nSPS) is 11.2. The Morgan fingerprint density at radius 1 is 1.14 bits per heavy atom. The van der Waals surface area contributed by atoms with E-state index in [1.807, 2.05) is 0 Å². The third-order valence-corrected chi connectivity index (χ3v) is 2.68. The maximum Gasteiger partial charge on any atom is 0.423 e. The van der Waals surface area contributed by atoms with E-state index in [0.717, 1.165) is 12.1 Å². The van der Waals surface area contributed by atoms with Crippen LogP contribution in [-0.2, 0) is 6.18 Å². The average molecular weight is 298 g/mol. The zero-order chi connectivity index (χ0) is 15.6. The molecule has 0 saturated carbocycles. The monoisotopic (exact) mass is 298 g/mol. The molecular formula is C13H9F3N2O3. The van der Waals surface area contributed by atoms with E-state index in [-0.39, 0.29) is 17.1 Å². The maximum absolute atomic E-state index is 12.8. The van der Waals surface area contributed by atoms with E-state index in [1.54, 1.807) is 12.1 Å². The number of alkyl halides is 3. The van der Waals surface area contributed by atoms with Crippen molar-refractivity contribution in [2.24, 2.45) is 0 Å². The quantitative estimate of drug-likeness (QED) is 0.509. The summed E-state index contributed by atoms with van der Waals surface area (Å²) in [5.74, 6) is -0.149. The van der Waals surface area contributed by atoms with Gasteiger partial charge in [-0.1, -0.05) is 12.1 Å². The number of nitrogens with one attached hydrogen (secondary N) is 1. The summed E-state index contributed by atoms with van der Waals surface area (Å²) in [6, 6.07) is 8.49. The van der Waals surface area contributed by atoms with Gasteiger partial charge in [-0.25, -0.2) is 0 Å². The van der Waals surface area contributed by atoms with E-state index in [2.05, 4.69) is 5.32 Å². The molecule has 0 saturated heterocycles. The highest BCUT2D eigenvalue weighted by Crippen LogP contribution is 2.38. The first-order valence-corrected chi connectivity index (χ1v) is 5.69. The van der Waals surface area contributed by atoms with Crippen molar-refractivity contribution in [3.8, 4) is 5.75 Å². The van der Waals surface area contributed by atoms with Gasteiger partial charge < -0.3 is 10.4 Å². The molecule has 5 nitrogen and oxygen atoms in total. The standard InChI is InChI=1S/C13H9F3N2O3/c14-13(15,16)9-7-8(5-6-11(9)18(20)21)17-10-3-1-2-4-12(10)19/h1-7,17,19H. The lowest BCUT2D eigenvalue weighted by Gasteiger charge is -2.12. The summed E-state index contributed by atoms with van der Waals surface area (Å²) in [7, 11) is 0. The predicted octanol–water partition coefficient (Wildman–Crippen LogP) is 4.06. The fourth-order valence-corrected chi connectivity index (χ4v) is 1.73. The van der Waals surface area contributed by atoms with Gasteiger partial charge in [-0.15, -0.1) is 0 Å². The molecule has 0 heterocycles. The molecule has 0 fully saturated rings. The zero-order valence-corrected chi connectivity index (χ0v) is 10.4. The van der Waals surface area contributed by atoms with E-state index in [4.69, 9.17) is 0 Å². The van der Waals surface area contributed by atoms with Gasteiger partial charge in [-0.3, -0.25) is 10.1 Å². The van der Waals surface area contributed by atoms with E-state index in [1.165, 1.54) is 12.1 Å². The first-order chi connectivity index (χ1) is 9.79. The Labute approximate surface area is 116 Å². The van der Waals surface area contributed by atoms with Gasteiger partial charge in [0, 0.05) is 11.8 Å². The van der Waals surface area contributed by atoms with Crippen molar-refractivity contribution in [3.05, 3.63) is 58.1 Å². The minimum absolute atomic E-state index is 0.0191. The number of nitro groups is 1. The van der Waals surface area contributed by atoms with E-state index in [9.17, 15) is 28.4 Å². The molecule has 21 heavy (non-hydrogen) atoms. The van der Waals surface area contributed by atoms with Gasteiger partial charge in [0.15, 0.2) is 0 Å². The minimum Gasteiger partial charge on any atom is -0.506 e. The van der Waals surface area contributed by atoms with Gasteiger partial charge >= 0.3 is 6.18 Å². The Hall–Kier alpha value is -2.77. The van der Waals surface area contributed by atoms with Crippen molar-refractivity contribution in [1.82, 2.24) is 0 Å². The number of hydrogen-bond acceptors (Lipinski definition) is 4.